The highest BCUT2D eigenvalue weighted by Gasteiger charge is 2.23. The summed E-state index contributed by atoms with van der Waals surface area (Å²) in [5, 5.41) is 0. The molecule has 1 aromatic heterocycles. The maximum Gasteiger partial charge on any atom is 0.279 e. The Balaban J connectivity index is 1.68. The first-order chi connectivity index (χ1) is 17.3. The number of carbonyl (C=O) groups is 1. The SMILES string of the molecule is CCN(c1ccccc1)S(=O)(=O)c1ccc(C(=O)N=c2sc3cc(OC)c(OC)cc3n2CC)cc1. The highest BCUT2D eigenvalue weighted by Crippen LogP contribution is 2.33. The lowest BCUT2D eigenvalue weighted by Crippen LogP contribution is -2.30. The predicted octanol–water partition coefficient (Wildman–Crippen LogP) is 4.70. The van der Waals surface area contributed by atoms with Gasteiger partial charge in [-0.2, -0.15) is 4.99 Å². The van der Waals surface area contributed by atoms with Crippen LogP contribution in [0, 0.1) is 0 Å². The number of benzene rings is 3. The molecule has 0 atom stereocenters. The van der Waals surface area contributed by atoms with Gasteiger partial charge in [-0.3, -0.25) is 9.10 Å². The van der Waals surface area contributed by atoms with Gasteiger partial charge < -0.3 is 14.0 Å². The van der Waals surface area contributed by atoms with Gasteiger partial charge in [0.1, 0.15) is 0 Å². The molecular weight excluding hydrogens is 498 g/mol. The molecule has 0 unspecified atom stereocenters. The third-order valence-corrected chi connectivity index (χ3v) is 8.68. The Hall–Kier alpha value is -3.63. The molecule has 4 aromatic rings. The molecule has 1 heterocycles. The molecule has 0 bridgehead atoms. The number of hydrogen-bond acceptors (Lipinski definition) is 6. The molecular formula is C26H27N3O5S2. The van der Waals surface area contributed by atoms with Crippen LogP contribution in [0.25, 0.3) is 10.2 Å². The zero-order chi connectivity index (χ0) is 25.9. The fourth-order valence-electron chi connectivity index (χ4n) is 3.92. The second-order valence-electron chi connectivity index (χ2n) is 7.75. The molecule has 0 aliphatic rings. The first-order valence-corrected chi connectivity index (χ1v) is 13.6. The van der Waals surface area contributed by atoms with Crippen LogP contribution in [0.1, 0.15) is 24.2 Å². The van der Waals surface area contributed by atoms with E-state index in [-0.39, 0.29) is 11.4 Å². The Kier molecular flexibility index (Phi) is 7.46. The summed E-state index contributed by atoms with van der Waals surface area (Å²) < 4.78 is 41.4. The minimum atomic E-state index is -3.78. The molecule has 0 aliphatic heterocycles. The van der Waals surface area contributed by atoms with Gasteiger partial charge in [-0.1, -0.05) is 29.5 Å². The van der Waals surface area contributed by atoms with Crippen molar-refractivity contribution >= 4 is 43.2 Å². The number of nitrogens with zero attached hydrogens (tertiary/aromatic N) is 3. The van der Waals surface area contributed by atoms with Crippen LogP contribution in [0.3, 0.4) is 0 Å². The summed E-state index contributed by atoms with van der Waals surface area (Å²) in [7, 11) is -0.634. The van der Waals surface area contributed by atoms with Crippen molar-refractivity contribution in [3.63, 3.8) is 0 Å². The van der Waals surface area contributed by atoms with Crippen LogP contribution in [0.2, 0.25) is 0 Å². The number of ether oxygens (including phenoxy) is 2. The van der Waals surface area contributed by atoms with E-state index in [1.54, 1.807) is 45.4 Å². The number of hydrogen-bond donors (Lipinski definition) is 0. The van der Waals surface area contributed by atoms with Gasteiger partial charge in [-0.15, -0.1) is 0 Å². The zero-order valence-corrected chi connectivity index (χ0v) is 22.1. The summed E-state index contributed by atoms with van der Waals surface area (Å²) in [5.74, 6) is 0.735. The highest BCUT2D eigenvalue weighted by molar-refractivity contribution is 7.92. The Morgan fingerprint density at radius 3 is 2.19 bits per heavy atom. The minimum absolute atomic E-state index is 0.106. The molecule has 4 rings (SSSR count). The molecule has 1 amide bonds. The molecule has 0 radical (unpaired) electrons. The van der Waals surface area contributed by atoms with Gasteiger partial charge in [0.15, 0.2) is 16.3 Å². The minimum Gasteiger partial charge on any atom is -0.493 e. The van der Waals surface area contributed by atoms with Crippen LogP contribution < -0.4 is 18.6 Å². The molecule has 3 aromatic carbocycles. The lowest BCUT2D eigenvalue weighted by Gasteiger charge is -2.22. The number of sulfonamides is 1. The highest BCUT2D eigenvalue weighted by atomic mass is 32.2. The third-order valence-electron chi connectivity index (χ3n) is 5.72. The van der Waals surface area contributed by atoms with Crippen molar-refractivity contribution in [2.24, 2.45) is 4.99 Å². The van der Waals surface area contributed by atoms with E-state index in [0.29, 0.717) is 34.1 Å². The molecule has 36 heavy (non-hydrogen) atoms. The molecule has 10 heteroatoms. The van der Waals surface area contributed by atoms with Gasteiger partial charge in [0.25, 0.3) is 15.9 Å². The number of carbonyl (C=O) groups excluding carboxylic acids is 1. The summed E-state index contributed by atoms with van der Waals surface area (Å²) in [4.78, 5) is 18.0. The quantitative estimate of drug-likeness (QED) is 0.333. The van der Waals surface area contributed by atoms with Crippen molar-refractivity contribution in [2.45, 2.75) is 25.3 Å². The van der Waals surface area contributed by atoms with E-state index in [2.05, 4.69) is 4.99 Å². The maximum atomic E-state index is 13.2. The van der Waals surface area contributed by atoms with Crippen molar-refractivity contribution in [1.29, 1.82) is 0 Å². The van der Waals surface area contributed by atoms with Crippen LogP contribution in [-0.2, 0) is 16.6 Å². The number of methoxy groups -OCH3 is 2. The van der Waals surface area contributed by atoms with Gasteiger partial charge >= 0.3 is 0 Å². The Bertz CT molecular complexity index is 1560. The van der Waals surface area contributed by atoms with Gasteiger partial charge in [0.05, 0.1) is 35.0 Å². The number of amides is 1. The topological polar surface area (TPSA) is 90.2 Å². The molecule has 8 nitrogen and oxygen atoms in total. The van der Waals surface area contributed by atoms with Gasteiger partial charge in [-0.05, 0) is 50.2 Å². The number of fused-ring (bicyclic) bond motifs is 1. The van der Waals surface area contributed by atoms with Gasteiger partial charge in [0, 0.05) is 30.8 Å². The van der Waals surface area contributed by atoms with E-state index >= 15 is 0 Å². The fourth-order valence-corrected chi connectivity index (χ4v) is 6.50. The molecule has 188 valence electrons. The molecule has 0 saturated carbocycles. The summed E-state index contributed by atoms with van der Waals surface area (Å²) in [6, 6.07) is 18.5. The Labute approximate surface area is 214 Å². The molecule has 0 saturated heterocycles. The van der Waals surface area contributed by atoms with Crippen molar-refractivity contribution in [2.75, 3.05) is 25.1 Å². The summed E-state index contributed by atoms with van der Waals surface area (Å²) in [6.07, 6.45) is 0. The number of para-hydroxylation sites is 1. The smallest absolute Gasteiger partial charge is 0.279 e. The second-order valence-corrected chi connectivity index (χ2v) is 10.6. The Morgan fingerprint density at radius 2 is 1.61 bits per heavy atom. The van der Waals surface area contributed by atoms with Crippen molar-refractivity contribution < 1.29 is 22.7 Å². The normalized spacial score (nSPS) is 12.1. The molecule has 0 aliphatic carbocycles. The van der Waals surface area contributed by atoms with E-state index in [9.17, 15) is 13.2 Å². The van der Waals surface area contributed by atoms with E-state index in [4.69, 9.17) is 9.47 Å². The van der Waals surface area contributed by atoms with E-state index < -0.39 is 15.9 Å². The van der Waals surface area contributed by atoms with Crippen molar-refractivity contribution in [3.8, 4) is 11.5 Å². The van der Waals surface area contributed by atoms with E-state index in [0.717, 1.165) is 10.2 Å². The van der Waals surface area contributed by atoms with E-state index in [1.165, 1.54) is 39.9 Å². The predicted molar refractivity (Wildman–Crippen MR) is 142 cm³/mol. The number of aryl methyl sites for hydroxylation is 1. The Morgan fingerprint density at radius 1 is 0.972 bits per heavy atom. The average Bonchev–Trinajstić information content (AvgIpc) is 3.24. The number of rotatable bonds is 8. The number of thiazole rings is 1. The molecule has 0 N–H and O–H groups in total. The fraction of sp³-hybridized carbons (Fsp3) is 0.231. The van der Waals surface area contributed by atoms with Crippen LogP contribution in [0.15, 0.2) is 76.6 Å². The lowest BCUT2D eigenvalue weighted by molar-refractivity contribution is 0.0997. The van der Waals surface area contributed by atoms with Crippen LogP contribution in [0.4, 0.5) is 5.69 Å². The summed E-state index contributed by atoms with van der Waals surface area (Å²) in [6.45, 7) is 4.63. The lowest BCUT2D eigenvalue weighted by atomic mass is 10.2. The summed E-state index contributed by atoms with van der Waals surface area (Å²) >= 11 is 1.37. The maximum absolute atomic E-state index is 13.2. The third kappa shape index (κ3) is 4.74. The van der Waals surface area contributed by atoms with Crippen molar-refractivity contribution in [1.82, 2.24) is 4.57 Å². The second kappa shape index (κ2) is 10.5. The standard InChI is InChI=1S/C26H27N3O5S2/c1-5-28-21-16-22(33-3)23(34-4)17-24(21)35-26(28)27-25(30)18-12-14-20(15-13-18)36(31,32)29(6-2)19-10-8-7-9-11-19/h7-17H,5-6H2,1-4H3. The largest absolute Gasteiger partial charge is 0.493 e. The first kappa shape index (κ1) is 25.5. The summed E-state index contributed by atoms with van der Waals surface area (Å²) in [5.41, 5.74) is 1.76. The van der Waals surface area contributed by atoms with Crippen LogP contribution in [0.5, 0.6) is 11.5 Å². The molecule has 0 fully saturated rings. The van der Waals surface area contributed by atoms with Crippen molar-refractivity contribution in [3.05, 3.63) is 77.1 Å². The number of aromatic nitrogens is 1. The van der Waals surface area contributed by atoms with E-state index in [1.807, 2.05) is 29.7 Å². The van der Waals surface area contributed by atoms with Crippen LogP contribution >= 0.6 is 11.3 Å². The molecule has 0 spiro atoms. The monoisotopic (exact) mass is 525 g/mol. The average molecular weight is 526 g/mol. The number of anilines is 1. The van der Waals surface area contributed by atoms with Crippen LogP contribution in [-0.4, -0.2) is 39.7 Å². The van der Waals surface area contributed by atoms with Gasteiger partial charge in [0.2, 0.25) is 0 Å². The van der Waals surface area contributed by atoms with Gasteiger partial charge in [-0.25, -0.2) is 8.42 Å². The first-order valence-electron chi connectivity index (χ1n) is 11.4. The zero-order valence-electron chi connectivity index (χ0n) is 20.5.